The summed E-state index contributed by atoms with van der Waals surface area (Å²) in [6, 6.07) is 8.45. The van der Waals surface area contributed by atoms with Gasteiger partial charge in [-0.15, -0.1) is 0 Å². The number of ether oxygens (including phenoxy) is 1. The Labute approximate surface area is 192 Å². The maximum atomic E-state index is 13.1. The Bertz CT molecular complexity index is 937. The van der Waals surface area contributed by atoms with Crippen molar-refractivity contribution in [1.29, 1.82) is 0 Å². The molecule has 0 saturated carbocycles. The summed E-state index contributed by atoms with van der Waals surface area (Å²) in [5.41, 5.74) is 3.00. The average molecular weight is 437 g/mol. The topological polar surface area (TPSA) is 58.6 Å². The lowest BCUT2D eigenvalue weighted by molar-refractivity contribution is 0.0423. The van der Waals surface area contributed by atoms with Crippen LogP contribution in [0.4, 0.5) is 0 Å². The number of fused-ring (bicyclic) bond motifs is 1. The van der Waals surface area contributed by atoms with Gasteiger partial charge in [0.25, 0.3) is 5.91 Å². The van der Waals surface area contributed by atoms with E-state index in [1.807, 2.05) is 18.7 Å². The number of rotatable bonds is 1. The van der Waals surface area contributed by atoms with E-state index in [0.717, 1.165) is 56.9 Å². The fourth-order valence-corrected chi connectivity index (χ4v) is 5.26. The smallest absolute Gasteiger partial charge is 0.257 e. The molecular formula is C26H36N4O2. The number of piperidine rings is 1. The molecule has 4 rings (SSSR count). The molecule has 2 aromatic rings. The number of carbonyl (C=O) groups excluding carboxylic acids is 1. The SMILES string of the molecule is Cc1ncc(C(=O)N2CCC3(CCCCc4ccccc4OCCN(C)C3)CC2)c(C)n1. The highest BCUT2D eigenvalue weighted by molar-refractivity contribution is 5.95. The Hall–Kier alpha value is -2.47. The zero-order valence-corrected chi connectivity index (χ0v) is 19.8. The number of aryl methyl sites for hydroxylation is 3. The van der Waals surface area contributed by atoms with Gasteiger partial charge in [-0.3, -0.25) is 4.79 Å². The summed E-state index contributed by atoms with van der Waals surface area (Å²) in [6.07, 6.45) is 8.45. The Kier molecular flexibility index (Phi) is 7.09. The fourth-order valence-electron chi connectivity index (χ4n) is 5.26. The van der Waals surface area contributed by atoms with Gasteiger partial charge in [0.15, 0.2) is 0 Å². The number of aromatic nitrogens is 2. The lowest BCUT2D eigenvalue weighted by Crippen LogP contribution is -2.48. The summed E-state index contributed by atoms with van der Waals surface area (Å²) in [5.74, 6) is 1.82. The molecule has 2 aliphatic rings. The number of amides is 1. The first-order valence-electron chi connectivity index (χ1n) is 11.9. The van der Waals surface area contributed by atoms with Crippen LogP contribution in [0, 0.1) is 19.3 Å². The molecule has 0 N–H and O–H groups in total. The maximum Gasteiger partial charge on any atom is 0.257 e. The van der Waals surface area contributed by atoms with Crippen molar-refractivity contribution >= 4 is 5.91 Å². The highest BCUT2D eigenvalue weighted by atomic mass is 16.5. The fraction of sp³-hybridized carbons (Fsp3) is 0.577. The van der Waals surface area contributed by atoms with Gasteiger partial charge in [0.2, 0.25) is 0 Å². The molecule has 2 aliphatic heterocycles. The van der Waals surface area contributed by atoms with Crippen LogP contribution in [0.3, 0.4) is 0 Å². The monoisotopic (exact) mass is 436 g/mol. The number of para-hydroxylation sites is 1. The van der Waals surface area contributed by atoms with Crippen LogP contribution < -0.4 is 4.74 Å². The van der Waals surface area contributed by atoms with Gasteiger partial charge in [-0.25, -0.2) is 9.97 Å². The summed E-state index contributed by atoms with van der Waals surface area (Å²) >= 11 is 0. The van der Waals surface area contributed by atoms with Crippen LogP contribution in [0.25, 0.3) is 0 Å². The van der Waals surface area contributed by atoms with Crippen molar-refractivity contribution in [3.05, 3.63) is 53.1 Å². The molecule has 1 saturated heterocycles. The minimum Gasteiger partial charge on any atom is -0.492 e. The Morgan fingerprint density at radius 3 is 2.62 bits per heavy atom. The van der Waals surface area contributed by atoms with E-state index < -0.39 is 0 Å². The lowest BCUT2D eigenvalue weighted by atomic mass is 9.73. The molecule has 1 spiro atoms. The number of hydrogen-bond acceptors (Lipinski definition) is 5. The lowest BCUT2D eigenvalue weighted by Gasteiger charge is -2.44. The van der Waals surface area contributed by atoms with Crippen molar-refractivity contribution in [2.45, 2.75) is 52.4 Å². The first-order valence-corrected chi connectivity index (χ1v) is 11.9. The van der Waals surface area contributed by atoms with E-state index in [4.69, 9.17) is 4.74 Å². The average Bonchev–Trinajstić information content (AvgIpc) is 2.77. The summed E-state index contributed by atoms with van der Waals surface area (Å²) in [4.78, 5) is 26.2. The highest BCUT2D eigenvalue weighted by Crippen LogP contribution is 2.38. The van der Waals surface area contributed by atoms with Crippen LogP contribution in [0.5, 0.6) is 5.75 Å². The Morgan fingerprint density at radius 1 is 1.06 bits per heavy atom. The number of hydrogen-bond donors (Lipinski definition) is 0. The van der Waals surface area contributed by atoms with Crippen molar-refractivity contribution in [2.75, 3.05) is 39.8 Å². The van der Waals surface area contributed by atoms with E-state index >= 15 is 0 Å². The standard InChI is InChI=1S/C26H36N4O2/c1-20-23(18-27-21(2)28-20)25(31)30-14-12-26(13-15-30)11-7-6-9-22-8-4-5-10-24(22)32-17-16-29(3)19-26/h4-5,8,10,18H,6-7,9,11-17,19H2,1-3H3. The summed E-state index contributed by atoms with van der Waals surface area (Å²) in [7, 11) is 2.20. The van der Waals surface area contributed by atoms with Crippen LogP contribution in [-0.4, -0.2) is 65.5 Å². The molecule has 3 heterocycles. The van der Waals surface area contributed by atoms with Crippen LogP contribution in [0.15, 0.2) is 30.5 Å². The molecule has 0 aliphatic carbocycles. The van der Waals surface area contributed by atoms with E-state index in [-0.39, 0.29) is 11.3 Å². The van der Waals surface area contributed by atoms with Crippen LogP contribution in [-0.2, 0) is 6.42 Å². The van der Waals surface area contributed by atoms with E-state index in [2.05, 4.69) is 46.2 Å². The van der Waals surface area contributed by atoms with Gasteiger partial charge in [-0.2, -0.15) is 0 Å². The van der Waals surface area contributed by atoms with Gasteiger partial charge in [0, 0.05) is 32.4 Å². The predicted molar refractivity (Wildman–Crippen MR) is 126 cm³/mol. The van der Waals surface area contributed by atoms with Gasteiger partial charge < -0.3 is 14.5 Å². The normalized spacial score (nSPS) is 20.0. The second-order valence-electron chi connectivity index (χ2n) is 9.61. The van der Waals surface area contributed by atoms with Gasteiger partial charge in [0.05, 0.1) is 11.3 Å². The molecule has 6 nitrogen and oxygen atoms in total. The molecule has 1 fully saturated rings. The van der Waals surface area contributed by atoms with Crippen molar-refractivity contribution in [3.63, 3.8) is 0 Å². The quantitative estimate of drug-likeness (QED) is 0.675. The molecule has 1 aromatic heterocycles. The molecule has 6 heteroatoms. The number of nitrogens with zero attached hydrogens (tertiary/aromatic N) is 4. The minimum absolute atomic E-state index is 0.0730. The molecule has 1 amide bonds. The van der Waals surface area contributed by atoms with Crippen LogP contribution >= 0.6 is 0 Å². The highest BCUT2D eigenvalue weighted by Gasteiger charge is 2.37. The van der Waals surface area contributed by atoms with Gasteiger partial charge in [-0.1, -0.05) is 24.6 Å². The van der Waals surface area contributed by atoms with E-state index in [1.165, 1.54) is 24.8 Å². The third-order valence-corrected chi connectivity index (χ3v) is 7.15. The maximum absolute atomic E-state index is 13.1. The zero-order valence-electron chi connectivity index (χ0n) is 19.8. The van der Waals surface area contributed by atoms with Crippen molar-refractivity contribution in [1.82, 2.24) is 19.8 Å². The van der Waals surface area contributed by atoms with E-state index in [1.54, 1.807) is 6.20 Å². The summed E-state index contributed by atoms with van der Waals surface area (Å²) < 4.78 is 6.12. The molecule has 172 valence electrons. The number of likely N-dealkylation sites (N-methyl/N-ethyl adjacent to an activating group) is 1. The van der Waals surface area contributed by atoms with E-state index in [0.29, 0.717) is 18.0 Å². The number of carbonyl (C=O) groups is 1. The third kappa shape index (κ3) is 5.29. The number of benzene rings is 1. The molecule has 32 heavy (non-hydrogen) atoms. The predicted octanol–water partition coefficient (Wildman–Crippen LogP) is 4.05. The van der Waals surface area contributed by atoms with Crippen molar-refractivity contribution in [3.8, 4) is 5.75 Å². The van der Waals surface area contributed by atoms with Crippen LogP contribution in [0.2, 0.25) is 0 Å². The van der Waals surface area contributed by atoms with Gasteiger partial charge >= 0.3 is 0 Å². The molecule has 0 atom stereocenters. The molecule has 0 bridgehead atoms. The Morgan fingerprint density at radius 2 is 1.84 bits per heavy atom. The van der Waals surface area contributed by atoms with Crippen LogP contribution in [0.1, 0.15) is 59.5 Å². The second kappa shape index (κ2) is 9.99. The van der Waals surface area contributed by atoms with Gasteiger partial charge in [-0.05, 0) is 70.0 Å². The molecule has 0 unspecified atom stereocenters. The van der Waals surface area contributed by atoms with Gasteiger partial charge in [0.1, 0.15) is 18.2 Å². The van der Waals surface area contributed by atoms with Crippen molar-refractivity contribution < 1.29 is 9.53 Å². The Balaban J connectivity index is 1.41. The number of likely N-dealkylation sites (tertiary alicyclic amines) is 1. The third-order valence-electron chi connectivity index (χ3n) is 7.15. The molecule has 0 radical (unpaired) electrons. The molecular weight excluding hydrogens is 400 g/mol. The van der Waals surface area contributed by atoms with Crippen molar-refractivity contribution in [2.24, 2.45) is 5.41 Å². The second-order valence-corrected chi connectivity index (χ2v) is 9.61. The summed E-state index contributed by atoms with van der Waals surface area (Å²) in [5, 5.41) is 0. The largest absolute Gasteiger partial charge is 0.492 e. The summed E-state index contributed by atoms with van der Waals surface area (Å²) in [6.45, 7) is 8.05. The zero-order chi connectivity index (χ0) is 22.6. The first kappa shape index (κ1) is 22.7. The first-order chi connectivity index (χ1) is 15.5. The van der Waals surface area contributed by atoms with E-state index in [9.17, 15) is 4.79 Å². The minimum atomic E-state index is 0.0730. The molecule has 1 aromatic carbocycles.